The number of carbonyl (C=O) groups is 1. The molecule has 0 saturated carbocycles. The summed E-state index contributed by atoms with van der Waals surface area (Å²) < 4.78 is 0. The third-order valence-electron chi connectivity index (χ3n) is 1.79. The van der Waals surface area contributed by atoms with Gasteiger partial charge in [0.15, 0.2) is 5.78 Å². The molecule has 0 aliphatic rings. The topological polar surface area (TPSA) is 41.1 Å². The maximum Gasteiger partial charge on any atom is 0.154 e. The summed E-state index contributed by atoms with van der Waals surface area (Å²) >= 11 is 0. The Morgan fingerprint density at radius 3 is 1.61 bits per heavy atom. The number of hydrogen-bond donors (Lipinski definition) is 2. The molecule has 2 N–H and O–H groups in total. The smallest absolute Gasteiger partial charge is 0.154 e. The minimum Gasteiger partial charge on any atom is -0.389 e. The predicted octanol–water partition coefficient (Wildman–Crippen LogP) is 3.16. The normalized spacial score (nSPS) is 11.2. The van der Waals surface area contributed by atoms with Crippen molar-refractivity contribution < 1.29 is 4.79 Å². The minimum atomic E-state index is 0.0912. The second-order valence-electron chi connectivity index (χ2n) is 4.17. The van der Waals surface area contributed by atoms with Crippen molar-refractivity contribution in [1.29, 1.82) is 0 Å². The van der Waals surface area contributed by atoms with Crippen LogP contribution in [0.2, 0.25) is 0 Å². The van der Waals surface area contributed by atoms with Crippen LogP contribution in [0.15, 0.2) is 35.7 Å². The van der Waals surface area contributed by atoms with Crippen molar-refractivity contribution >= 4 is 5.78 Å². The van der Waals surface area contributed by atoms with Crippen LogP contribution in [0, 0.1) is 0 Å². The fraction of sp³-hybridized carbons (Fsp3) is 0.533. The summed E-state index contributed by atoms with van der Waals surface area (Å²) in [5, 5.41) is 6.19. The monoisotopic (exact) mass is 252 g/mol. The zero-order chi connectivity index (χ0) is 14.6. The van der Waals surface area contributed by atoms with Gasteiger partial charge in [-0.25, -0.2) is 0 Å². The number of nitrogens with one attached hydrogen (secondary N) is 2. The summed E-state index contributed by atoms with van der Waals surface area (Å²) in [6.45, 7) is 17.1. The van der Waals surface area contributed by atoms with Gasteiger partial charge >= 0.3 is 0 Å². The van der Waals surface area contributed by atoms with E-state index in [-0.39, 0.29) is 5.78 Å². The van der Waals surface area contributed by atoms with Crippen LogP contribution < -0.4 is 10.6 Å². The van der Waals surface area contributed by atoms with Gasteiger partial charge < -0.3 is 10.6 Å². The molecule has 0 spiro atoms. The van der Waals surface area contributed by atoms with E-state index in [0.29, 0.717) is 0 Å². The Kier molecular flexibility index (Phi) is 12.5. The SMILES string of the molecule is C=C(C)/C=C(/C)NCC.CCN/C(C)=C\C(C)=O. The molecular weight excluding hydrogens is 224 g/mol. The molecule has 0 radical (unpaired) electrons. The van der Waals surface area contributed by atoms with E-state index in [2.05, 4.69) is 24.1 Å². The summed E-state index contributed by atoms with van der Waals surface area (Å²) in [6, 6.07) is 0. The van der Waals surface area contributed by atoms with Gasteiger partial charge in [0.25, 0.3) is 0 Å². The lowest BCUT2D eigenvalue weighted by atomic mass is 10.3. The molecule has 0 aromatic carbocycles. The van der Waals surface area contributed by atoms with Crippen molar-refractivity contribution in [3.63, 3.8) is 0 Å². The van der Waals surface area contributed by atoms with Gasteiger partial charge in [-0.05, 0) is 53.7 Å². The zero-order valence-electron chi connectivity index (χ0n) is 12.7. The Hall–Kier alpha value is -1.51. The van der Waals surface area contributed by atoms with Crippen LogP contribution in [0.3, 0.4) is 0 Å². The minimum absolute atomic E-state index is 0.0912. The van der Waals surface area contributed by atoms with Crippen molar-refractivity contribution in [3.05, 3.63) is 35.7 Å². The molecule has 104 valence electrons. The molecule has 0 fully saturated rings. The standard InChI is InChI=1S/C8H15N.C7H13NO/c1-5-9-8(4)6-7(2)3;1-4-8-6(2)5-7(3)9/h6,9H,2,5H2,1,3-4H3;5,8H,4H2,1-3H3/b8-6-;6-5-. The molecule has 0 aromatic heterocycles. The van der Waals surface area contributed by atoms with E-state index < -0.39 is 0 Å². The molecule has 0 aliphatic heterocycles. The molecule has 0 amide bonds. The Bertz CT molecular complexity index is 282. The highest BCUT2D eigenvalue weighted by Crippen LogP contribution is 1.93. The third-order valence-corrected chi connectivity index (χ3v) is 1.79. The number of rotatable bonds is 6. The van der Waals surface area contributed by atoms with Gasteiger partial charge in [0.1, 0.15) is 0 Å². The van der Waals surface area contributed by atoms with Crippen LogP contribution >= 0.6 is 0 Å². The quantitative estimate of drug-likeness (QED) is 0.563. The zero-order valence-corrected chi connectivity index (χ0v) is 12.7. The van der Waals surface area contributed by atoms with E-state index in [1.807, 2.05) is 33.8 Å². The molecule has 0 unspecified atom stereocenters. The molecule has 18 heavy (non-hydrogen) atoms. The predicted molar refractivity (Wildman–Crippen MR) is 80.4 cm³/mol. The van der Waals surface area contributed by atoms with E-state index in [1.165, 1.54) is 5.70 Å². The van der Waals surface area contributed by atoms with Gasteiger partial charge in [-0.1, -0.05) is 12.2 Å². The molecule has 0 heterocycles. The number of carbonyl (C=O) groups excluding carboxylic acids is 1. The molecule has 0 aromatic rings. The average Bonchev–Trinajstić information content (AvgIpc) is 2.16. The van der Waals surface area contributed by atoms with Gasteiger partial charge in [0, 0.05) is 24.5 Å². The van der Waals surface area contributed by atoms with Gasteiger partial charge in [-0.2, -0.15) is 0 Å². The Balaban J connectivity index is 0. The van der Waals surface area contributed by atoms with E-state index in [4.69, 9.17) is 0 Å². The van der Waals surface area contributed by atoms with Crippen molar-refractivity contribution in [3.8, 4) is 0 Å². The largest absolute Gasteiger partial charge is 0.389 e. The van der Waals surface area contributed by atoms with Gasteiger partial charge in [-0.3, -0.25) is 4.79 Å². The third kappa shape index (κ3) is 16.9. The van der Waals surface area contributed by atoms with Crippen LogP contribution in [0.25, 0.3) is 0 Å². The van der Waals surface area contributed by atoms with Crippen LogP contribution in [0.4, 0.5) is 0 Å². The maximum absolute atomic E-state index is 10.4. The lowest BCUT2D eigenvalue weighted by molar-refractivity contribution is -0.112. The summed E-state index contributed by atoms with van der Waals surface area (Å²) in [5.74, 6) is 0.0912. The number of ketones is 1. The Labute approximate surface area is 112 Å². The second kappa shape index (κ2) is 12.0. The highest BCUT2D eigenvalue weighted by atomic mass is 16.1. The molecule has 0 rings (SSSR count). The first-order valence-corrected chi connectivity index (χ1v) is 6.33. The lowest BCUT2D eigenvalue weighted by Crippen LogP contribution is -2.10. The van der Waals surface area contributed by atoms with Crippen LogP contribution in [0.5, 0.6) is 0 Å². The van der Waals surface area contributed by atoms with Crippen molar-refractivity contribution in [1.82, 2.24) is 10.6 Å². The number of hydrogen-bond acceptors (Lipinski definition) is 3. The maximum atomic E-state index is 10.4. The van der Waals surface area contributed by atoms with Crippen LogP contribution in [-0.2, 0) is 4.79 Å². The first kappa shape index (κ1) is 18.8. The van der Waals surface area contributed by atoms with E-state index in [1.54, 1.807) is 13.0 Å². The van der Waals surface area contributed by atoms with Gasteiger partial charge in [0.2, 0.25) is 0 Å². The fourth-order valence-corrected chi connectivity index (χ4v) is 1.33. The van der Waals surface area contributed by atoms with Crippen molar-refractivity contribution in [2.24, 2.45) is 0 Å². The first-order valence-electron chi connectivity index (χ1n) is 6.33. The molecule has 0 aliphatic carbocycles. The van der Waals surface area contributed by atoms with Gasteiger partial charge in [0.05, 0.1) is 0 Å². The van der Waals surface area contributed by atoms with E-state index >= 15 is 0 Å². The van der Waals surface area contributed by atoms with E-state index in [9.17, 15) is 4.79 Å². The lowest BCUT2D eigenvalue weighted by Gasteiger charge is -2.00. The molecule has 0 saturated heterocycles. The van der Waals surface area contributed by atoms with Crippen molar-refractivity contribution in [2.45, 2.75) is 41.5 Å². The molecule has 0 bridgehead atoms. The summed E-state index contributed by atoms with van der Waals surface area (Å²) in [6.07, 6.45) is 3.62. The molecule has 3 heteroatoms. The fourth-order valence-electron chi connectivity index (χ4n) is 1.33. The van der Waals surface area contributed by atoms with Crippen molar-refractivity contribution in [2.75, 3.05) is 13.1 Å². The molecule has 0 atom stereocenters. The highest BCUT2D eigenvalue weighted by molar-refractivity contribution is 5.87. The highest BCUT2D eigenvalue weighted by Gasteiger charge is 1.86. The average molecular weight is 252 g/mol. The summed E-state index contributed by atoms with van der Waals surface area (Å²) in [4.78, 5) is 10.4. The molecule has 3 nitrogen and oxygen atoms in total. The Morgan fingerprint density at radius 2 is 1.33 bits per heavy atom. The second-order valence-corrected chi connectivity index (χ2v) is 4.17. The van der Waals surface area contributed by atoms with Crippen LogP contribution in [0.1, 0.15) is 41.5 Å². The molecular formula is C15H28N2O. The Morgan fingerprint density at radius 1 is 0.944 bits per heavy atom. The number of allylic oxidation sites excluding steroid dienone is 5. The van der Waals surface area contributed by atoms with Gasteiger partial charge in [-0.15, -0.1) is 0 Å². The van der Waals surface area contributed by atoms with E-state index in [0.717, 1.165) is 24.4 Å². The summed E-state index contributed by atoms with van der Waals surface area (Å²) in [5.41, 5.74) is 3.21. The van der Waals surface area contributed by atoms with Crippen LogP contribution in [-0.4, -0.2) is 18.9 Å². The first-order chi connectivity index (χ1) is 8.33. The summed E-state index contributed by atoms with van der Waals surface area (Å²) in [7, 11) is 0.